The third-order valence-electron chi connectivity index (χ3n) is 4.48. The summed E-state index contributed by atoms with van der Waals surface area (Å²) in [4.78, 5) is 12.1. The van der Waals surface area contributed by atoms with Crippen LogP contribution in [0.25, 0.3) is 21.6 Å². The van der Waals surface area contributed by atoms with E-state index in [0.29, 0.717) is 5.82 Å². The Morgan fingerprint density at radius 1 is 1.12 bits per heavy atom. The Morgan fingerprint density at radius 2 is 1.88 bits per heavy atom. The van der Waals surface area contributed by atoms with Crippen molar-refractivity contribution in [2.75, 3.05) is 19.2 Å². The normalized spacial score (nSPS) is 13.8. The minimum atomic E-state index is 0.705. The number of benzene rings is 1. The first kappa shape index (κ1) is 15.4. The summed E-state index contributed by atoms with van der Waals surface area (Å²) in [6.07, 6.45) is 4.72. The van der Waals surface area contributed by atoms with Gasteiger partial charge in [0.25, 0.3) is 0 Å². The van der Waals surface area contributed by atoms with E-state index in [0.717, 1.165) is 40.2 Å². The van der Waals surface area contributed by atoms with Crippen molar-refractivity contribution >= 4 is 27.4 Å². The molecule has 124 valence electrons. The smallest absolute Gasteiger partial charge is 0.163 e. The Hall–Kier alpha value is -2.18. The van der Waals surface area contributed by atoms with Crippen LogP contribution in [0.4, 0.5) is 5.82 Å². The number of nitrogens with two attached hydrogens (primary N) is 1. The van der Waals surface area contributed by atoms with Gasteiger partial charge in [-0.1, -0.05) is 0 Å². The molecule has 1 aliphatic carbocycles. The van der Waals surface area contributed by atoms with Crippen molar-refractivity contribution < 1.29 is 4.74 Å². The molecule has 3 aromatic rings. The molecule has 0 bridgehead atoms. The molecule has 0 spiro atoms. The molecule has 24 heavy (non-hydrogen) atoms. The molecule has 0 aliphatic heterocycles. The zero-order chi connectivity index (χ0) is 16.7. The van der Waals surface area contributed by atoms with Gasteiger partial charge >= 0.3 is 0 Å². The molecule has 0 saturated carbocycles. The number of hydrogen-bond donors (Lipinski definition) is 1. The molecule has 0 saturated heterocycles. The van der Waals surface area contributed by atoms with Crippen LogP contribution in [0, 0.1) is 0 Å². The molecule has 6 heteroatoms. The van der Waals surface area contributed by atoms with Crippen molar-refractivity contribution in [3.8, 4) is 17.1 Å². The van der Waals surface area contributed by atoms with E-state index in [2.05, 4.69) is 0 Å². The summed E-state index contributed by atoms with van der Waals surface area (Å²) in [6, 6.07) is 7.81. The van der Waals surface area contributed by atoms with Crippen LogP contribution in [0.5, 0.6) is 5.75 Å². The molecular weight excluding hydrogens is 320 g/mol. The molecule has 5 nitrogen and oxygen atoms in total. The van der Waals surface area contributed by atoms with E-state index in [1.807, 2.05) is 31.3 Å². The maximum Gasteiger partial charge on any atom is 0.163 e. The molecule has 0 fully saturated rings. The van der Waals surface area contributed by atoms with Gasteiger partial charge in [0, 0.05) is 17.5 Å². The fourth-order valence-electron chi connectivity index (χ4n) is 3.26. The van der Waals surface area contributed by atoms with Gasteiger partial charge in [0.1, 0.15) is 10.6 Å². The average molecular weight is 340 g/mol. The van der Waals surface area contributed by atoms with Crippen molar-refractivity contribution in [2.45, 2.75) is 25.7 Å². The second-order valence-electron chi connectivity index (χ2n) is 6.10. The lowest BCUT2D eigenvalue weighted by atomic mass is 9.97. The van der Waals surface area contributed by atoms with E-state index in [-0.39, 0.29) is 0 Å². The van der Waals surface area contributed by atoms with E-state index in [9.17, 15) is 0 Å². The molecule has 4 rings (SSSR count). The van der Waals surface area contributed by atoms with Gasteiger partial charge in [-0.3, -0.25) is 5.01 Å². The van der Waals surface area contributed by atoms with Crippen LogP contribution in [-0.4, -0.2) is 24.1 Å². The monoisotopic (exact) mass is 340 g/mol. The van der Waals surface area contributed by atoms with Gasteiger partial charge in [-0.25, -0.2) is 15.8 Å². The molecule has 1 aliphatic rings. The Bertz CT molecular complexity index is 886. The standard InChI is InChI=1S/C18H20N4OS/c1-22(19)17-15-13-5-3-4-6-14(13)24-18(15)21-16(20-17)11-7-9-12(23-2)10-8-11/h7-10H,3-6,19H2,1-2H3. The first-order valence-corrected chi connectivity index (χ1v) is 8.94. The maximum absolute atomic E-state index is 6.09. The summed E-state index contributed by atoms with van der Waals surface area (Å²) < 4.78 is 5.23. The third kappa shape index (κ3) is 2.52. The van der Waals surface area contributed by atoms with Crippen LogP contribution < -0.4 is 15.6 Å². The van der Waals surface area contributed by atoms with Crippen molar-refractivity contribution in [2.24, 2.45) is 5.84 Å². The fourth-order valence-corrected chi connectivity index (χ4v) is 4.52. The quantitative estimate of drug-likeness (QED) is 0.583. The Labute approximate surface area is 145 Å². The van der Waals surface area contributed by atoms with Crippen molar-refractivity contribution in [3.63, 3.8) is 0 Å². The number of aryl methyl sites for hydroxylation is 2. The minimum absolute atomic E-state index is 0.705. The largest absolute Gasteiger partial charge is 0.497 e. The second kappa shape index (κ2) is 6.03. The van der Waals surface area contributed by atoms with E-state index in [1.165, 1.54) is 23.3 Å². The predicted octanol–water partition coefficient (Wildman–Crippen LogP) is 3.56. The highest BCUT2D eigenvalue weighted by atomic mass is 32.1. The summed E-state index contributed by atoms with van der Waals surface area (Å²) in [5.41, 5.74) is 2.36. The van der Waals surface area contributed by atoms with E-state index in [4.69, 9.17) is 20.5 Å². The number of thiophene rings is 1. The van der Waals surface area contributed by atoms with Crippen molar-refractivity contribution in [1.82, 2.24) is 9.97 Å². The molecular formula is C18H20N4OS. The number of hydrazine groups is 1. The highest BCUT2D eigenvalue weighted by Crippen LogP contribution is 2.40. The number of rotatable bonds is 3. The van der Waals surface area contributed by atoms with Gasteiger partial charge in [-0.05, 0) is 55.5 Å². The topological polar surface area (TPSA) is 64.3 Å². The highest BCUT2D eigenvalue weighted by molar-refractivity contribution is 7.19. The number of ether oxygens (including phenoxy) is 1. The molecule has 0 amide bonds. The zero-order valence-corrected chi connectivity index (χ0v) is 14.7. The van der Waals surface area contributed by atoms with Crippen LogP contribution in [0.2, 0.25) is 0 Å². The van der Waals surface area contributed by atoms with Gasteiger partial charge < -0.3 is 4.74 Å². The van der Waals surface area contributed by atoms with Gasteiger partial charge in [0.2, 0.25) is 0 Å². The molecule has 2 N–H and O–H groups in total. The van der Waals surface area contributed by atoms with E-state index >= 15 is 0 Å². The lowest BCUT2D eigenvalue weighted by Crippen LogP contribution is -2.26. The first-order chi connectivity index (χ1) is 11.7. The zero-order valence-electron chi connectivity index (χ0n) is 13.9. The molecule has 0 unspecified atom stereocenters. The summed E-state index contributed by atoms with van der Waals surface area (Å²) >= 11 is 1.79. The number of anilines is 1. The predicted molar refractivity (Wildman–Crippen MR) is 98.6 cm³/mol. The third-order valence-corrected chi connectivity index (χ3v) is 5.66. The number of fused-ring (bicyclic) bond motifs is 3. The summed E-state index contributed by atoms with van der Waals surface area (Å²) in [6.45, 7) is 0. The van der Waals surface area contributed by atoms with Gasteiger partial charge in [-0.15, -0.1) is 11.3 Å². The number of methoxy groups -OCH3 is 1. The molecule has 0 radical (unpaired) electrons. The van der Waals surface area contributed by atoms with Gasteiger partial charge in [0.05, 0.1) is 12.5 Å². The number of nitrogens with zero attached hydrogens (tertiary/aromatic N) is 3. The summed E-state index contributed by atoms with van der Waals surface area (Å²) in [7, 11) is 3.50. The van der Waals surface area contributed by atoms with Crippen LogP contribution in [0.3, 0.4) is 0 Å². The van der Waals surface area contributed by atoms with Crippen molar-refractivity contribution in [1.29, 1.82) is 0 Å². The van der Waals surface area contributed by atoms with Crippen LogP contribution in [0.15, 0.2) is 24.3 Å². The average Bonchev–Trinajstić information content (AvgIpc) is 2.99. The Kier molecular flexibility index (Phi) is 3.86. The van der Waals surface area contributed by atoms with E-state index < -0.39 is 0 Å². The number of aromatic nitrogens is 2. The lowest BCUT2D eigenvalue weighted by molar-refractivity contribution is 0.415. The molecule has 2 heterocycles. The molecule has 0 atom stereocenters. The van der Waals surface area contributed by atoms with Crippen molar-refractivity contribution in [3.05, 3.63) is 34.7 Å². The maximum atomic E-state index is 6.09. The van der Waals surface area contributed by atoms with E-state index in [1.54, 1.807) is 23.5 Å². The minimum Gasteiger partial charge on any atom is -0.497 e. The van der Waals surface area contributed by atoms with Gasteiger partial charge in [0.15, 0.2) is 11.6 Å². The second-order valence-corrected chi connectivity index (χ2v) is 7.18. The SMILES string of the molecule is COc1ccc(-c2nc(N(C)N)c3c4c(sc3n2)CCCC4)cc1. The highest BCUT2D eigenvalue weighted by Gasteiger charge is 2.22. The van der Waals surface area contributed by atoms with Crippen LogP contribution >= 0.6 is 11.3 Å². The van der Waals surface area contributed by atoms with Crippen LogP contribution in [-0.2, 0) is 12.8 Å². The molecule has 1 aromatic carbocycles. The Morgan fingerprint density at radius 3 is 2.58 bits per heavy atom. The summed E-state index contributed by atoms with van der Waals surface area (Å²) in [5.74, 6) is 8.43. The molecule has 2 aromatic heterocycles. The lowest BCUT2D eigenvalue weighted by Gasteiger charge is -2.16. The number of hydrogen-bond acceptors (Lipinski definition) is 6. The Balaban J connectivity index is 1.91. The van der Waals surface area contributed by atoms with Gasteiger partial charge in [-0.2, -0.15) is 0 Å². The first-order valence-electron chi connectivity index (χ1n) is 8.12. The van der Waals surface area contributed by atoms with Crippen LogP contribution in [0.1, 0.15) is 23.3 Å². The summed E-state index contributed by atoms with van der Waals surface area (Å²) in [5, 5.41) is 2.75. The fraction of sp³-hybridized carbons (Fsp3) is 0.333.